The summed E-state index contributed by atoms with van der Waals surface area (Å²) in [5, 5.41) is 0. The van der Waals surface area contributed by atoms with Crippen molar-refractivity contribution in [2.24, 2.45) is 0 Å². The van der Waals surface area contributed by atoms with Crippen LogP contribution in [0.3, 0.4) is 0 Å². The van der Waals surface area contributed by atoms with Crippen molar-refractivity contribution in [3.63, 3.8) is 0 Å². The highest BCUT2D eigenvalue weighted by atomic mass is 16.5. The van der Waals surface area contributed by atoms with Crippen molar-refractivity contribution in [3.8, 4) is 11.5 Å². The number of para-hydroxylation sites is 1. The Kier molecular flexibility index (Phi) is 6.40. The van der Waals surface area contributed by atoms with Crippen LogP contribution >= 0.6 is 0 Å². The lowest BCUT2D eigenvalue weighted by Gasteiger charge is -2.22. The minimum absolute atomic E-state index is 0.127. The van der Waals surface area contributed by atoms with Crippen LogP contribution in [-0.4, -0.2) is 26.7 Å². The summed E-state index contributed by atoms with van der Waals surface area (Å²) in [5.41, 5.74) is 2.19. The molecule has 0 saturated carbocycles. The van der Waals surface area contributed by atoms with Crippen LogP contribution in [0.25, 0.3) is 0 Å². The fourth-order valence-electron chi connectivity index (χ4n) is 2.67. The molecule has 0 aliphatic heterocycles. The predicted octanol–water partition coefficient (Wildman–Crippen LogP) is 4.27. The second kappa shape index (κ2) is 8.73. The Bertz CT molecular complexity index is 753. The van der Waals surface area contributed by atoms with Crippen LogP contribution in [-0.2, 0) is 6.42 Å². The molecule has 0 atom stereocenters. The zero-order chi connectivity index (χ0) is 18.2. The van der Waals surface area contributed by atoms with E-state index in [-0.39, 0.29) is 5.91 Å². The van der Waals surface area contributed by atoms with E-state index >= 15 is 0 Å². The monoisotopic (exact) mass is 337 g/mol. The smallest absolute Gasteiger partial charge is 0.258 e. The number of amides is 1. The van der Waals surface area contributed by atoms with Gasteiger partial charge in [0.05, 0.1) is 14.2 Å². The summed E-state index contributed by atoms with van der Waals surface area (Å²) in [6, 6.07) is 13.0. The number of hydrogen-bond acceptors (Lipinski definition) is 3. The second-order valence-corrected chi connectivity index (χ2v) is 5.40. The summed E-state index contributed by atoms with van der Waals surface area (Å²) < 4.78 is 10.8. The topological polar surface area (TPSA) is 38.8 Å². The lowest BCUT2D eigenvalue weighted by atomic mass is 10.0. The van der Waals surface area contributed by atoms with E-state index < -0.39 is 0 Å². The van der Waals surface area contributed by atoms with Gasteiger partial charge < -0.3 is 14.4 Å². The summed E-state index contributed by atoms with van der Waals surface area (Å²) in [5.74, 6) is 1.02. The molecule has 0 aromatic heterocycles. The van der Waals surface area contributed by atoms with Crippen LogP contribution in [0.1, 0.15) is 15.9 Å². The first-order valence-electron chi connectivity index (χ1n) is 7.99. The van der Waals surface area contributed by atoms with Gasteiger partial charge >= 0.3 is 0 Å². The third-order valence-corrected chi connectivity index (χ3v) is 3.79. The van der Waals surface area contributed by atoms with Gasteiger partial charge in [0.15, 0.2) is 11.5 Å². The molecular formula is C21H23NO3. The quantitative estimate of drug-likeness (QED) is 0.676. The van der Waals surface area contributed by atoms with Gasteiger partial charge in [0.1, 0.15) is 0 Å². The first-order chi connectivity index (χ1) is 12.2. The maximum absolute atomic E-state index is 13.1. The summed E-state index contributed by atoms with van der Waals surface area (Å²) in [7, 11) is 3.14. The molecule has 0 aliphatic rings. The van der Waals surface area contributed by atoms with E-state index in [9.17, 15) is 4.79 Å². The van der Waals surface area contributed by atoms with Crippen molar-refractivity contribution in [1.82, 2.24) is 0 Å². The van der Waals surface area contributed by atoms with Gasteiger partial charge in [-0.2, -0.15) is 0 Å². The first kappa shape index (κ1) is 18.3. The van der Waals surface area contributed by atoms with E-state index in [1.165, 1.54) is 0 Å². The number of hydrogen-bond donors (Lipinski definition) is 0. The zero-order valence-electron chi connectivity index (χ0n) is 14.7. The number of carbonyl (C=O) groups excluding carboxylic acids is 1. The van der Waals surface area contributed by atoms with Gasteiger partial charge in [-0.05, 0) is 30.7 Å². The minimum Gasteiger partial charge on any atom is -0.493 e. The van der Waals surface area contributed by atoms with Crippen LogP contribution in [0.15, 0.2) is 67.8 Å². The van der Waals surface area contributed by atoms with Gasteiger partial charge in [0, 0.05) is 23.4 Å². The number of allylic oxidation sites excluding steroid dienone is 1. The molecule has 25 heavy (non-hydrogen) atoms. The third-order valence-electron chi connectivity index (χ3n) is 3.79. The van der Waals surface area contributed by atoms with Gasteiger partial charge in [-0.25, -0.2) is 0 Å². The van der Waals surface area contributed by atoms with Gasteiger partial charge in [-0.1, -0.05) is 30.4 Å². The fourth-order valence-corrected chi connectivity index (χ4v) is 2.67. The SMILES string of the molecule is C=CCc1cc(C(=O)N(CC=C)c2ccccc2)cc(OC)c1OC. The van der Waals surface area contributed by atoms with Crippen LogP contribution in [0, 0.1) is 0 Å². The molecule has 1 amide bonds. The number of anilines is 1. The molecule has 2 aromatic carbocycles. The molecule has 0 N–H and O–H groups in total. The molecule has 0 unspecified atom stereocenters. The maximum Gasteiger partial charge on any atom is 0.258 e. The van der Waals surface area contributed by atoms with Crippen molar-refractivity contribution < 1.29 is 14.3 Å². The lowest BCUT2D eigenvalue weighted by Crippen LogP contribution is -2.31. The molecule has 0 aliphatic carbocycles. The normalized spacial score (nSPS) is 10.0. The van der Waals surface area contributed by atoms with Crippen LogP contribution in [0.4, 0.5) is 5.69 Å². The number of methoxy groups -OCH3 is 2. The Hall–Kier alpha value is -3.01. The van der Waals surface area contributed by atoms with Gasteiger partial charge in [0.25, 0.3) is 5.91 Å². The van der Waals surface area contributed by atoms with E-state index in [1.54, 1.807) is 37.3 Å². The van der Waals surface area contributed by atoms with Crippen molar-refractivity contribution in [2.75, 3.05) is 25.7 Å². The average Bonchev–Trinajstić information content (AvgIpc) is 2.65. The van der Waals surface area contributed by atoms with E-state index in [4.69, 9.17) is 9.47 Å². The number of benzene rings is 2. The van der Waals surface area contributed by atoms with Crippen molar-refractivity contribution in [3.05, 3.63) is 78.9 Å². The number of rotatable bonds is 8. The number of carbonyl (C=O) groups is 1. The summed E-state index contributed by atoms with van der Waals surface area (Å²) in [4.78, 5) is 14.8. The molecule has 2 rings (SSSR count). The molecular weight excluding hydrogens is 314 g/mol. The van der Waals surface area contributed by atoms with E-state index in [2.05, 4.69) is 13.2 Å². The van der Waals surface area contributed by atoms with E-state index in [1.807, 2.05) is 36.4 Å². The Morgan fingerprint density at radius 1 is 1.08 bits per heavy atom. The standard InChI is InChI=1S/C21H23NO3/c1-5-10-16-14-17(15-19(24-3)20(16)25-4)21(23)22(13-6-2)18-11-8-7-9-12-18/h5-9,11-12,14-15H,1-2,10,13H2,3-4H3. The van der Waals surface area contributed by atoms with Gasteiger partial charge in [-0.3, -0.25) is 4.79 Å². The molecule has 0 spiro atoms. The maximum atomic E-state index is 13.1. The van der Waals surface area contributed by atoms with Crippen molar-refractivity contribution in [2.45, 2.75) is 6.42 Å². The highest BCUT2D eigenvalue weighted by Crippen LogP contribution is 2.34. The van der Waals surface area contributed by atoms with Crippen LogP contribution < -0.4 is 14.4 Å². The van der Waals surface area contributed by atoms with Crippen LogP contribution in [0.5, 0.6) is 11.5 Å². The minimum atomic E-state index is -0.127. The lowest BCUT2D eigenvalue weighted by molar-refractivity contribution is 0.0989. The van der Waals surface area contributed by atoms with Crippen molar-refractivity contribution >= 4 is 11.6 Å². The Labute approximate surface area is 149 Å². The van der Waals surface area contributed by atoms with Gasteiger partial charge in [-0.15, -0.1) is 13.2 Å². The Morgan fingerprint density at radius 3 is 2.36 bits per heavy atom. The zero-order valence-corrected chi connectivity index (χ0v) is 14.7. The number of ether oxygens (including phenoxy) is 2. The highest BCUT2D eigenvalue weighted by Gasteiger charge is 2.20. The summed E-state index contributed by atoms with van der Waals surface area (Å²) >= 11 is 0. The largest absolute Gasteiger partial charge is 0.493 e. The molecule has 0 fully saturated rings. The number of nitrogens with zero attached hydrogens (tertiary/aromatic N) is 1. The van der Waals surface area contributed by atoms with Crippen molar-refractivity contribution in [1.29, 1.82) is 0 Å². The summed E-state index contributed by atoms with van der Waals surface area (Å²) in [6.45, 7) is 7.94. The summed E-state index contributed by atoms with van der Waals surface area (Å²) in [6.07, 6.45) is 4.05. The molecule has 0 saturated heterocycles. The fraction of sp³-hybridized carbons (Fsp3) is 0.190. The predicted molar refractivity (Wildman–Crippen MR) is 102 cm³/mol. The molecule has 0 bridgehead atoms. The Morgan fingerprint density at radius 2 is 1.80 bits per heavy atom. The third kappa shape index (κ3) is 4.10. The first-order valence-corrected chi connectivity index (χ1v) is 7.99. The van der Waals surface area contributed by atoms with Crippen LogP contribution in [0.2, 0.25) is 0 Å². The highest BCUT2D eigenvalue weighted by molar-refractivity contribution is 6.06. The molecule has 2 aromatic rings. The second-order valence-electron chi connectivity index (χ2n) is 5.40. The molecule has 0 radical (unpaired) electrons. The Balaban J connectivity index is 2.50. The molecule has 0 heterocycles. The molecule has 4 nitrogen and oxygen atoms in total. The molecule has 130 valence electrons. The van der Waals surface area contributed by atoms with Gasteiger partial charge in [0.2, 0.25) is 0 Å². The average molecular weight is 337 g/mol. The van der Waals surface area contributed by atoms with E-state index in [0.717, 1.165) is 11.3 Å². The molecule has 4 heteroatoms. The van der Waals surface area contributed by atoms with E-state index in [0.29, 0.717) is 30.0 Å².